The summed E-state index contributed by atoms with van der Waals surface area (Å²) in [7, 11) is 1.46. The van der Waals surface area contributed by atoms with Gasteiger partial charge in [-0.25, -0.2) is 4.79 Å². The van der Waals surface area contributed by atoms with Gasteiger partial charge in [0, 0.05) is 11.5 Å². The lowest BCUT2D eigenvalue weighted by Gasteiger charge is -2.22. The molecule has 0 spiro atoms. The van der Waals surface area contributed by atoms with Crippen LogP contribution in [0.4, 0.5) is 0 Å². The topological polar surface area (TPSA) is 105 Å². The van der Waals surface area contributed by atoms with Crippen molar-refractivity contribution in [3.8, 4) is 11.5 Å². The number of carbonyl (C=O) groups excluding carboxylic acids is 4. The highest BCUT2D eigenvalue weighted by molar-refractivity contribution is 5.98. The molecule has 5 atom stereocenters. The van der Waals surface area contributed by atoms with Crippen LogP contribution >= 0.6 is 0 Å². The van der Waals surface area contributed by atoms with Crippen molar-refractivity contribution in [1.82, 2.24) is 0 Å². The van der Waals surface area contributed by atoms with Crippen molar-refractivity contribution in [3.05, 3.63) is 59.7 Å². The zero-order valence-corrected chi connectivity index (χ0v) is 17.9. The van der Waals surface area contributed by atoms with Crippen molar-refractivity contribution in [2.45, 2.75) is 18.9 Å². The first-order chi connectivity index (χ1) is 16.0. The minimum absolute atomic E-state index is 0.0613. The molecule has 0 amide bonds. The number of Topliss-reactive ketones (excluding diaryl/α,β-unsaturated/α-hetero) is 1. The lowest BCUT2D eigenvalue weighted by molar-refractivity contribution is -0.154. The largest absolute Gasteiger partial charge is 0.496 e. The molecule has 2 bridgehead atoms. The first-order valence-electron chi connectivity index (χ1n) is 10.8. The first kappa shape index (κ1) is 21.2. The summed E-state index contributed by atoms with van der Waals surface area (Å²) < 4.78 is 21.1. The highest BCUT2D eigenvalue weighted by Crippen LogP contribution is 2.57. The molecule has 2 aliphatic carbocycles. The third kappa shape index (κ3) is 3.75. The van der Waals surface area contributed by atoms with Gasteiger partial charge in [0.05, 0.1) is 18.9 Å². The number of para-hydroxylation sites is 1. The average molecular weight is 450 g/mol. The quantitative estimate of drug-likeness (QED) is 0.360. The molecule has 33 heavy (non-hydrogen) atoms. The Bertz CT molecular complexity index is 1120. The lowest BCUT2D eigenvalue weighted by atomic mass is 9.80. The van der Waals surface area contributed by atoms with Crippen LogP contribution in [0.5, 0.6) is 11.5 Å². The van der Waals surface area contributed by atoms with Crippen molar-refractivity contribution in [3.63, 3.8) is 0 Å². The van der Waals surface area contributed by atoms with Gasteiger partial charge in [-0.05, 0) is 55.2 Å². The highest BCUT2D eigenvalue weighted by Gasteiger charge is 2.64. The van der Waals surface area contributed by atoms with E-state index in [1.54, 1.807) is 24.3 Å². The molecule has 3 fully saturated rings. The van der Waals surface area contributed by atoms with E-state index in [0.717, 1.165) is 6.42 Å². The van der Waals surface area contributed by atoms with Crippen LogP contribution in [-0.4, -0.2) is 43.5 Å². The summed E-state index contributed by atoms with van der Waals surface area (Å²) in [6, 6.07) is 12.7. The Labute approximate surface area is 189 Å². The molecule has 8 heteroatoms. The third-order valence-electron chi connectivity index (χ3n) is 6.81. The molecule has 2 aromatic carbocycles. The lowest BCUT2D eigenvalue weighted by Crippen LogP contribution is -2.34. The SMILES string of the molecule is COc1ccccc1C(=O)Oc1ccc(C(=O)COC(=O)[C@@H]2[C@@H]3C[C@@H]4[C@H]2C(=O)O[C@@H]4C3)cc1. The molecule has 2 aromatic rings. The molecule has 0 N–H and O–H groups in total. The van der Waals surface area contributed by atoms with E-state index in [-0.39, 0.29) is 41.0 Å². The minimum Gasteiger partial charge on any atom is -0.496 e. The van der Waals surface area contributed by atoms with E-state index in [1.807, 2.05) is 0 Å². The van der Waals surface area contributed by atoms with Crippen LogP contribution in [0.25, 0.3) is 0 Å². The number of ketones is 1. The summed E-state index contributed by atoms with van der Waals surface area (Å²) >= 11 is 0. The van der Waals surface area contributed by atoms with Gasteiger partial charge in [-0.1, -0.05) is 12.1 Å². The number of fused-ring (bicyclic) bond motifs is 1. The third-order valence-corrected chi connectivity index (χ3v) is 6.81. The van der Waals surface area contributed by atoms with Crippen LogP contribution in [0.3, 0.4) is 0 Å². The summed E-state index contributed by atoms with van der Waals surface area (Å²) in [5, 5.41) is 0. The van der Waals surface area contributed by atoms with Gasteiger partial charge in [0.1, 0.15) is 23.2 Å². The summed E-state index contributed by atoms with van der Waals surface area (Å²) in [4.78, 5) is 49.6. The van der Waals surface area contributed by atoms with Crippen LogP contribution in [0, 0.1) is 23.7 Å². The van der Waals surface area contributed by atoms with E-state index in [1.165, 1.54) is 31.4 Å². The average Bonchev–Trinajstić information content (AvgIpc) is 3.46. The van der Waals surface area contributed by atoms with Crippen LogP contribution in [0.15, 0.2) is 48.5 Å². The molecule has 8 nitrogen and oxygen atoms in total. The second kappa shape index (κ2) is 8.35. The van der Waals surface area contributed by atoms with Gasteiger partial charge in [-0.2, -0.15) is 0 Å². The number of ether oxygens (including phenoxy) is 4. The minimum atomic E-state index is -0.584. The maximum absolute atomic E-state index is 12.6. The Balaban J connectivity index is 1.17. The maximum Gasteiger partial charge on any atom is 0.347 e. The van der Waals surface area contributed by atoms with Gasteiger partial charge in [0.25, 0.3) is 0 Å². The van der Waals surface area contributed by atoms with Gasteiger partial charge in [0.15, 0.2) is 12.4 Å². The van der Waals surface area contributed by atoms with Crippen LogP contribution in [-0.2, 0) is 19.1 Å². The van der Waals surface area contributed by atoms with Gasteiger partial charge in [-0.3, -0.25) is 14.4 Å². The molecule has 0 aromatic heterocycles. The molecule has 0 radical (unpaired) electrons. The second-order valence-electron chi connectivity index (χ2n) is 8.57. The molecule has 170 valence electrons. The van der Waals surface area contributed by atoms with E-state index in [2.05, 4.69) is 0 Å². The summed E-state index contributed by atoms with van der Waals surface area (Å²) in [5.74, 6) is -1.93. The summed E-state index contributed by atoms with van der Waals surface area (Å²) in [6.07, 6.45) is 1.42. The smallest absolute Gasteiger partial charge is 0.347 e. The fourth-order valence-electron chi connectivity index (χ4n) is 5.33. The standard InChI is InChI=1S/C25H22O8/c1-30-19-5-3-2-4-16(19)23(27)32-15-8-6-13(7-9-15)18(26)12-31-24(28)21-14-10-17-20(11-14)33-25(29)22(17)21/h2-9,14,17,20-22H,10-12H2,1H3/t14-,17+,20-,21-,22-/m1/s1. The fourth-order valence-corrected chi connectivity index (χ4v) is 5.33. The Kier molecular flexibility index (Phi) is 5.36. The number of hydrogen-bond acceptors (Lipinski definition) is 8. The van der Waals surface area contributed by atoms with Crippen LogP contribution in [0.2, 0.25) is 0 Å². The van der Waals surface area contributed by atoms with E-state index >= 15 is 0 Å². The van der Waals surface area contributed by atoms with Gasteiger partial charge >= 0.3 is 17.9 Å². The van der Waals surface area contributed by atoms with Gasteiger partial charge < -0.3 is 18.9 Å². The molecule has 1 aliphatic heterocycles. The van der Waals surface area contributed by atoms with Crippen LogP contribution in [0.1, 0.15) is 33.6 Å². The molecule has 2 saturated carbocycles. The molecule has 1 heterocycles. The number of benzene rings is 2. The normalized spacial score (nSPS) is 26.6. The number of carbonyl (C=O) groups is 4. The predicted octanol–water partition coefficient (Wildman–Crippen LogP) is 2.84. The summed E-state index contributed by atoms with van der Waals surface area (Å²) in [6.45, 7) is -0.418. The van der Waals surface area contributed by atoms with Gasteiger partial charge in [-0.15, -0.1) is 0 Å². The monoisotopic (exact) mass is 450 g/mol. The van der Waals surface area contributed by atoms with Crippen molar-refractivity contribution >= 4 is 23.7 Å². The zero-order chi connectivity index (χ0) is 23.1. The van der Waals surface area contributed by atoms with Crippen LogP contribution < -0.4 is 9.47 Å². The first-order valence-corrected chi connectivity index (χ1v) is 10.8. The fraction of sp³-hybridized carbons (Fsp3) is 0.360. The number of rotatable bonds is 7. The second-order valence-corrected chi connectivity index (χ2v) is 8.57. The number of hydrogen-bond donors (Lipinski definition) is 0. The van der Waals surface area contributed by atoms with E-state index in [0.29, 0.717) is 17.7 Å². The Hall–Kier alpha value is -3.68. The van der Waals surface area contributed by atoms with E-state index < -0.39 is 30.4 Å². The van der Waals surface area contributed by atoms with E-state index in [4.69, 9.17) is 18.9 Å². The highest BCUT2D eigenvalue weighted by atomic mass is 16.6. The zero-order valence-electron chi connectivity index (χ0n) is 17.9. The summed E-state index contributed by atoms with van der Waals surface area (Å²) in [5.41, 5.74) is 0.596. The predicted molar refractivity (Wildman–Crippen MR) is 113 cm³/mol. The van der Waals surface area contributed by atoms with Crippen molar-refractivity contribution in [2.24, 2.45) is 23.7 Å². The van der Waals surface area contributed by atoms with Crippen molar-refractivity contribution in [1.29, 1.82) is 0 Å². The van der Waals surface area contributed by atoms with Crippen molar-refractivity contribution in [2.75, 3.05) is 13.7 Å². The molecule has 0 unspecified atom stereocenters. The number of esters is 3. The Morgan fingerprint density at radius 2 is 1.79 bits per heavy atom. The molecule has 5 rings (SSSR count). The number of methoxy groups -OCH3 is 1. The Morgan fingerprint density at radius 1 is 1.03 bits per heavy atom. The Morgan fingerprint density at radius 3 is 2.55 bits per heavy atom. The molecule has 3 aliphatic rings. The molecular formula is C25H22O8. The van der Waals surface area contributed by atoms with E-state index in [9.17, 15) is 19.2 Å². The molecule has 1 saturated heterocycles. The molecular weight excluding hydrogens is 428 g/mol. The maximum atomic E-state index is 12.6. The van der Waals surface area contributed by atoms with Crippen molar-refractivity contribution < 1.29 is 38.1 Å². The van der Waals surface area contributed by atoms with Gasteiger partial charge in [0.2, 0.25) is 0 Å².